The lowest BCUT2D eigenvalue weighted by molar-refractivity contribution is 0.0963. The quantitative estimate of drug-likeness (QED) is 0.296. The number of amides is 1. The summed E-state index contributed by atoms with van der Waals surface area (Å²) in [4.78, 5) is 17.7. The molecular formula is C15H31IN4O2. The first kappa shape index (κ1) is 21.3. The van der Waals surface area contributed by atoms with E-state index < -0.39 is 0 Å². The Morgan fingerprint density at radius 3 is 2.59 bits per heavy atom. The summed E-state index contributed by atoms with van der Waals surface area (Å²) in [6.45, 7) is 8.86. The Morgan fingerprint density at radius 1 is 1.41 bits per heavy atom. The Morgan fingerprint density at radius 2 is 2.05 bits per heavy atom. The van der Waals surface area contributed by atoms with Gasteiger partial charge in [0.2, 0.25) is 0 Å². The third-order valence-electron chi connectivity index (χ3n) is 3.59. The predicted molar refractivity (Wildman–Crippen MR) is 101 cm³/mol. The smallest absolute Gasteiger partial charge is 0.409 e. The SMILES string of the molecule is CCOC(=O)N1CCC(NC(N)=NCCCC(C)C)CC1.I. The molecule has 0 unspecified atom stereocenters. The Balaban J connectivity index is 0.00000441. The molecule has 1 saturated heterocycles. The fraction of sp³-hybridized carbons (Fsp3) is 0.867. The molecule has 1 heterocycles. The molecule has 6 nitrogen and oxygen atoms in total. The van der Waals surface area contributed by atoms with Crippen LogP contribution in [0, 0.1) is 5.92 Å². The van der Waals surface area contributed by atoms with Gasteiger partial charge in [0.1, 0.15) is 0 Å². The van der Waals surface area contributed by atoms with Crippen molar-refractivity contribution in [3.8, 4) is 0 Å². The van der Waals surface area contributed by atoms with Crippen molar-refractivity contribution in [3.63, 3.8) is 0 Å². The molecule has 1 aliphatic heterocycles. The van der Waals surface area contributed by atoms with Crippen LogP contribution < -0.4 is 11.1 Å². The summed E-state index contributed by atoms with van der Waals surface area (Å²) in [5.74, 6) is 1.23. The van der Waals surface area contributed by atoms with E-state index in [-0.39, 0.29) is 30.1 Å². The van der Waals surface area contributed by atoms with Crippen LogP contribution in [0.2, 0.25) is 0 Å². The third kappa shape index (κ3) is 8.65. The number of rotatable bonds is 6. The molecule has 1 rings (SSSR count). The van der Waals surface area contributed by atoms with Crippen LogP contribution >= 0.6 is 24.0 Å². The van der Waals surface area contributed by atoms with Crippen molar-refractivity contribution in [3.05, 3.63) is 0 Å². The maximum absolute atomic E-state index is 11.6. The second-order valence-corrected chi connectivity index (χ2v) is 5.91. The maximum Gasteiger partial charge on any atom is 0.409 e. The minimum absolute atomic E-state index is 0. The Kier molecular flexibility index (Phi) is 11.4. The number of carbonyl (C=O) groups is 1. The maximum atomic E-state index is 11.6. The first-order valence-corrected chi connectivity index (χ1v) is 8.01. The fourth-order valence-corrected chi connectivity index (χ4v) is 2.37. The van der Waals surface area contributed by atoms with Gasteiger partial charge in [0.25, 0.3) is 0 Å². The summed E-state index contributed by atoms with van der Waals surface area (Å²) >= 11 is 0. The number of hydrogen-bond donors (Lipinski definition) is 2. The molecular weight excluding hydrogens is 395 g/mol. The molecule has 7 heteroatoms. The molecule has 130 valence electrons. The van der Waals surface area contributed by atoms with Crippen molar-refractivity contribution in [1.29, 1.82) is 0 Å². The number of hydrogen-bond acceptors (Lipinski definition) is 3. The Bertz CT molecular complexity index is 342. The molecule has 0 saturated carbocycles. The molecule has 0 aliphatic carbocycles. The standard InChI is InChI=1S/C15H30N4O2.HI/c1-4-21-15(20)19-10-7-13(8-11-19)18-14(16)17-9-5-6-12(2)3;/h12-13H,4-11H2,1-3H3,(H3,16,17,18);1H. The van der Waals surface area contributed by atoms with Crippen LogP contribution in [0.1, 0.15) is 46.5 Å². The van der Waals surface area contributed by atoms with Crippen molar-refractivity contribution in [1.82, 2.24) is 10.2 Å². The van der Waals surface area contributed by atoms with E-state index in [0.717, 1.165) is 25.8 Å². The number of guanidine groups is 1. The summed E-state index contributed by atoms with van der Waals surface area (Å²) in [7, 11) is 0. The molecule has 0 atom stereocenters. The first-order chi connectivity index (χ1) is 10.0. The van der Waals surface area contributed by atoms with E-state index in [2.05, 4.69) is 24.2 Å². The average molecular weight is 426 g/mol. The van der Waals surface area contributed by atoms with E-state index in [0.29, 0.717) is 37.6 Å². The van der Waals surface area contributed by atoms with Crippen molar-refractivity contribution in [2.45, 2.75) is 52.5 Å². The molecule has 3 N–H and O–H groups in total. The zero-order valence-electron chi connectivity index (χ0n) is 14.0. The highest BCUT2D eigenvalue weighted by Crippen LogP contribution is 2.11. The van der Waals surface area contributed by atoms with Gasteiger partial charge >= 0.3 is 6.09 Å². The van der Waals surface area contributed by atoms with E-state index in [1.54, 1.807) is 4.90 Å². The lowest BCUT2D eigenvalue weighted by atomic mass is 10.1. The number of nitrogens with zero attached hydrogens (tertiary/aromatic N) is 2. The number of carbonyl (C=O) groups excluding carboxylic acids is 1. The summed E-state index contributed by atoms with van der Waals surface area (Å²) < 4.78 is 5.00. The van der Waals surface area contributed by atoms with Crippen LogP contribution in [-0.2, 0) is 4.74 Å². The van der Waals surface area contributed by atoms with Gasteiger partial charge in [-0.05, 0) is 38.5 Å². The van der Waals surface area contributed by atoms with Crippen LogP contribution in [0.3, 0.4) is 0 Å². The Labute approximate surface area is 151 Å². The van der Waals surface area contributed by atoms with E-state index in [1.165, 1.54) is 6.42 Å². The molecule has 1 amide bonds. The molecule has 1 aliphatic rings. The highest BCUT2D eigenvalue weighted by atomic mass is 127. The van der Waals surface area contributed by atoms with E-state index in [9.17, 15) is 4.79 Å². The summed E-state index contributed by atoms with van der Waals surface area (Å²) in [5, 5.41) is 3.25. The molecule has 1 fully saturated rings. The molecule has 0 aromatic carbocycles. The van der Waals surface area contributed by atoms with Gasteiger partial charge < -0.3 is 20.7 Å². The number of piperidine rings is 1. The zero-order valence-corrected chi connectivity index (χ0v) is 16.3. The van der Waals surface area contributed by atoms with Gasteiger partial charge in [-0.2, -0.15) is 0 Å². The van der Waals surface area contributed by atoms with Crippen molar-refractivity contribution < 1.29 is 9.53 Å². The number of aliphatic imine (C=N–C) groups is 1. The molecule has 0 aromatic heterocycles. The zero-order chi connectivity index (χ0) is 15.7. The van der Waals surface area contributed by atoms with Crippen LogP contribution in [0.4, 0.5) is 4.79 Å². The van der Waals surface area contributed by atoms with Crippen LogP contribution in [0.5, 0.6) is 0 Å². The second kappa shape index (κ2) is 11.8. The highest BCUT2D eigenvalue weighted by Gasteiger charge is 2.23. The summed E-state index contributed by atoms with van der Waals surface area (Å²) in [5.41, 5.74) is 5.90. The normalized spacial score (nSPS) is 16.4. The van der Waals surface area contributed by atoms with Crippen LogP contribution in [0.25, 0.3) is 0 Å². The number of likely N-dealkylation sites (tertiary alicyclic amines) is 1. The van der Waals surface area contributed by atoms with Gasteiger partial charge in [-0.25, -0.2) is 4.79 Å². The van der Waals surface area contributed by atoms with Crippen molar-refractivity contribution >= 4 is 36.0 Å². The predicted octanol–water partition coefficient (Wildman–Crippen LogP) is 2.57. The second-order valence-electron chi connectivity index (χ2n) is 5.91. The van der Waals surface area contributed by atoms with Crippen molar-refractivity contribution in [2.24, 2.45) is 16.6 Å². The van der Waals surface area contributed by atoms with Gasteiger partial charge in [0, 0.05) is 25.7 Å². The molecule has 0 aromatic rings. The van der Waals surface area contributed by atoms with Gasteiger partial charge in [0.15, 0.2) is 5.96 Å². The van der Waals surface area contributed by atoms with Crippen molar-refractivity contribution in [2.75, 3.05) is 26.2 Å². The van der Waals surface area contributed by atoms with Crippen LogP contribution in [-0.4, -0.2) is 49.2 Å². The average Bonchev–Trinajstić information content (AvgIpc) is 2.44. The minimum atomic E-state index is -0.216. The number of nitrogens with one attached hydrogen (secondary N) is 1. The van der Waals surface area contributed by atoms with Gasteiger partial charge in [-0.15, -0.1) is 24.0 Å². The van der Waals surface area contributed by atoms with Gasteiger partial charge in [-0.3, -0.25) is 4.99 Å². The van der Waals surface area contributed by atoms with E-state index >= 15 is 0 Å². The van der Waals surface area contributed by atoms with Crippen LogP contribution in [0.15, 0.2) is 4.99 Å². The summed E-state index contributed by atoms with van der Waals surface area (Å²) in [6.07, 6.45) is 3.78. The molecule has 0 spiro atoms. The minimum Gasteiger partial charge on any atom is -0.450 e. The monoisotopic (exact) mass is 426 g/mol. The largest absolute Gasteiger partial charge is 0.450 e. The first-order valence-electron chi connectivity index (χ1n) is 8.01. The summed E-state index contributed by atoms with van der Waals surface area (Å²) in [6, 6.07) is 0.296. The third-order valence-corrected chi connectivity index (χ3v) is 3.59. The number of nitrogens with two attached hydrogens (primary N) is 1. The van der Waals surface area contributed by atoms with E-state index in [4.69, 9.17) is 10.5 Å². The van der Waals surface area contributed by atoms with Gasteiger partial charge in [0.05, 0.1) is 6.61 Å². The lowest BCUT2D eigenvalue weighted by Crippen LogP contribution is -2.48. The fourth-order valence-electron chi connectivity index (χ4n) is 2.37. The lowest BCUT2D eigenvalue weighted by Gasteiger charge is -2.31. The Hall–Kier alpha value is -0.730. The van der Waals surface area contributed by atoms with Gasteiger partial charge in [-0.1, -0.05) is 13.8 Å². The topological polar surface area (TPSA) is 80.0 Å². The van der Waals surface area contributed by atoms with E-state index in [1.807, 2.05) is 6.92 Å². The molecule has 0 radical (unpaired) electrons. The number of halogens is 1. The highest BCUT2D eigenvalue weighted by molar-refractivity contribution is 14.0. The number of ether oxygens (including phenoxy) is 1. The molecule has 22 heavy (non-hydrogen) atoms. The molecule has 0 bridgehead atoms.